The zero-order chi connectivity index (χ0) is 17.4. The van der Waals surface area contributed by atoms with E-state index < -0.39 is 28.4 Å². The van der Waals surface area contributed by atoms with Gasteiger partial charge in [-0.15, -0.1) is 11.3 Å². The number of halogens is 3. The van der Waals surface area contributed by atoms with E-state index >= 15 is 0 Å². The van der Waals surface area contributed by atoms with Gasteiger partial charge in [-0.1, -0.05) is 0 Å². The van der Waals surface area contributed by atoms with Crippen LogP contribution in [-0.2, 0) is 29.8 Å². The van der Waals surface area contributed by atoms with Crippen LogP contribution >= 0.6 is 11.3 Å². The van der Waals surface area contributed by atoms with E-state index in [9.17, 15) is 21.6 Å². The van der Waals surface area contributed by atoms with Gasteiger partial charge in [0.25, 0.3) is 10.0 Å². The fourth-order valence-corrected chi connectivity index (χ4v) is 4.60. The molecule has 0 aromatic carbocycles. The number of methoxy groups -OCH3 is 1. The lowest BCUT2D eigenvalue weighted by atomic mass is 10.2. The van der Waals surface area contributed by atoms with Crippen molar-refractivity contribution in [3.8, 4) is 5.75 Å². The van der Waals surface area contributed by atoms with Gasteiger partial charge in [0.05, 0.1) is 7.11 Å². The van der Waals surface area contributed by atoms with Crippen molar-refractivity contribution < 1.29 is 26.3 Å². The van der Waals surface area contributed by atoms with E-state index in [-0.39, 0.29) is 15.5 Å². The number of thiophene rings is 1. The largest absolute Gasteiger partial charge is 0.494 e. The van der Waals surface area contributed by atoms with Crippen LogP contribution in [0.2, 0.25) is 0 Å². The van der Waals surface area contributed by atoms with Crippen LogP contribution in [0.3, 0.4) is 0 Å². The van der Waals surface area contributed by atoms with E-state index in [1.807, 2.05) is 0 Å². The zero-order valence-corrected chi connectivity index (χ0v) is 14.1. The number of aryl methyl sites for hydroxylation is 1. The molecule has 2 aromatic heterocycles. The van der Waals surface area contributed by atoms with Crippen molar-refractivity contribution in [3.05, 3.63) is 28.9 Å². The highest BCUT2D eigenvalue weighted by molar-refractivity contribution is 7.91. The molecule has 23 heavy (non-hydrogen) atoms. The summed E-state index contributed by atoms with van der Waals surface area (Å²) in [4.78, 5) is 0. The van der Waals surface area contributed by atoms with Crippen molar-refractivity contribution in [3.63, 3.8) is 0 Å². The normalized spacial score (nSPS) is 12.8. The van der Waals surface area contributed by atoms with Crippen molar-refractivity contribution in [2.24, 2.45) is 7.05 Å². The quantitative estimate of drug-likeness (QED) is 0.812. The summed E-state index contributed by atoms with van der Waals surface area (Å²) >= 11 is 0.937. The summed E-state index contributed by atoms with van der Waals surface area (Å²) in [5.41, 5.74) is -1.32. The summed E-state index contributed by atoms with van der Waals surface area (Å²) in [6.07, 6.45) is -3.50. The third-order valence-corrected chi connectivity index (χ3v) is 6.25. The van der Waals surface area contributed by atoms with Crippen LogP contribution in [0.25, 0.3) is 0 Å². The second-order valence-corrected chi connectivity index (χ2v) is 7.87. The highest BCUT2D eigenvalue weighted by atomic mass is 32.2. The average Bonchev–Trinajstić information content (AvgIpc) is 3.04. The molecule has 2 heterocycles. The summed E-state index contributed by atoms with van der Waals surface area (Å²) in [5, 5.41) is 4.89. The Labute approximate surface area is 135 Å². The summed E-state index contributed by atoms with van der Waals surface area (Å²) in [6, 6.07) is 1.48. The van der Waals surface area contributed by atoms with Crippen molar-refractivity contribution in [1.82, 2.24) is 14.1 Å². The highest BCUT2D eigenvalue weighted by Crippen LogP contribution is 2.34. The molecule has 0 fully saturated rings. The van der Waals surface area contributed by atoms with E-state index in [1.54, 1.807) is 0 Å². The van der Waals surface area contributed by atoms with Gasteiger partial charge in [-0.05, 0) is 11.4 Å². The first-order valence-electron chi connectivity index (χ1n) is 6.25. The van der Waals surface area contributed by atoms with Gasteiger partial charge in [-0.25, -0.2) is 8.42 Å². The third kappa shape index (κ3) is 3.51. The lowest BCUT2D eigenvalue weighted by Crippen LogP contribution is -2.27. The first kappa shape index (κ1) is 17.8. The molecule has 0 saturated carbocycles. The molecule has 11 heteroatoms. The maximum absolute atomic E-state index is 12.9. The van der Waals surface area contributed by atoms with Crippen LogP contribution in [0.1, 0.15) is 11.3 Å². The Hall–Kier alpha value is -1.59. The molecule has 0 amide bonds. The summed E-state index contributed by atoms with van der Waals surface area (Å²) in [6.45, 7) is -0.452. The Morgan fingerprint density at radius 3 is 2.65 bits per heavy atom. The monoisotopic (exact) mass is 369 g/mol. The number of rotatable bonds is 5. The number of nitrogens with zero attached hydrogens (tertiary/aromatic N) is 3. The Balaban J connectivity index is 2.34. The van der Waals surface area contributed by atoms with Gasteiger partial charge in [0, 0.05) is 32.4 Å². The number of aromatic nitrogens is 2. The molecule has 0 aliphatic rings. The minimum atomic E-state index is -4.65. The molecule has 0 saturated heterocycles. The molecule has 0 spiro atoms. The van der Waals surface area contributed by atoms with Gasteiger partial charge in [-0.2, -0.15) is 22.6 Å². The minimum absolute atomic E-state index is 0.0556. The SMILES string of the molecule is COc1ccsc1S(=O)(=O)N(C)Cc1cn(C)nc1C(F)(F)F. The van der Waals surface area contributed by atoms with Gasteiger partial charge >= 0.3 is 6.18 Å². The van der Waals surface area contributed by atoms with Crippen LogP contribution in [0, 0.1) is 0 Å². The van der Waals surface area contributed by atoms with Gasteiger partial charge in [-0.3, -0.25) is 4.68 Å². The van der Waals surface area contributed by atoms with Gasteiger partial charge < -0.3 is 4.74 Å². The van der Waals surface area contributed by atoms with Gasteiger partial charge in [0.2, 0.25) is 0 Å². The Bertz CT molecular complexity index is 796. The number of hydrogen-bond donors (Lipinski definition) is 0. The lowest BCUT2D eigenvalue weighted by Gasteiger charge is -2.17. The maximum Gasteiger partial charge on any atom is 0.435 e. The number of ether oxygens (including phenoxy) is 1. The molecule has 128 valence electrons. The van der Waals surface area contributed by atoms with Crippen molar-refractivity contribution in [2.45, 2.75) is 16.9 Å². The summed E-state index contributed by atoms with van der Waals surface area (Å²) in [7, 11) is -0.0910. The third-order valence-electron chi connectivity index (χ3n) is 3.03. The molecule has 0 aliphatic heterocycles. The number of hydrogen-bond acceptors (Lipinski definition) is 5. The van der Waals surface area contributed by atoms with Crippen molar-refractivity contribution in [1.29, 1.82) is 0 Å². The minimum Gasteiger partial charge on any atom is -0.494 e. The van der Waals surface area contributed by atoms with E-state index in [1.165, 1.54) is 32.7 Å². The van der Waals surface area contributed by atoms with Crippen LogP contribution in [0.4, 0.5) is 13.2 Å². The van der Waals surface area contributed by atoms with Crippen LogP contribution in [0.5, 0.6) is 5.75 Å². The summed E-state index contributed by atoms with van der Waals surface area (Å²) in [5.74, 6) is 0.157. The standard InChI is InChI=1S/C12H14F3N3O3S2/c1-17-6-8(10(16-17)12(13,14)15)7-18(2)23(19,20)11-9(21-3)4-5-22-11/h4-6H,7H2,1-3H3. The first-order valence-corrected chi connectivity index (χ1v) is 8.57. The molecule has 2 aromatic rings. The molecule has 0 radical (unpaired) electrons. The fraction of sp³-hybridized carbons (Fsp3) is 0.417. The second kappa shape index (κ2) is 6.13. The van der Waals surface area contributed by atoms with E-state index in [2.05, 4.69) is 5.10 Å². The van der Waals surface area contributed by atoms with Crippen LogP contribution < -0.4 is 4.74 Å². The second-order valence-electron chi connectivity index (χ2n) is 4.71. The summed E-state index contributed by atoms with van der Waals surface area (Å²) < 4.78 is 70.6. The van der Waals surface area contributed by atoms with E-state index in [0.29, 0.717) is 0 Å². The van der Waals surface area contributed by atoms with Crippen molar-refractivity contribution >= 4 is 21.4 Å². The fourth-order valence-electron chi connectivity index (χ4n) is 1.98. The predicted octanol–water partition coefficient (Wildman–Crippen LogP) is 2.33. The smallest absolute Gasteiger partial charge is 0.435 e. The molecule has 2 rings (SSSR count). The Morgan fingerprint density at radius 2 is 2.09 bits per heavy atom. The lowest BCUT2D eigenvalue weighted by molar-refractivity contribution is -0.142. The highest BCUT2D eigenvalue weighted by Gasteiger charge is 2.38. The van der Waals surface area contributed by atoms with Gasteiger partial charge in [0.1, 0.15) is 5.75 Å². The first-order chi connectivity index (χ1) is 10.6. The topological polar surface area (TPSA) is 64.4 Å². The molecule has 6 nitrogen and oxygen atoms in total. The molecule has 0 atom stereocenters. The van der Waals surface area contributed by atoms with E-state index in [4.69, 9.17) is 4.74 Å². The van der Waals surface area contributed by atoms with Crippen LogP contribution in [0.15, 0.2) is 21.9 Å². The van der Waals surface area contributed by atoms with E-state index in [0.717, 1.165) is 26.5 Å². The number of alkyl halides is 3. The molecular formula is C12H14F3N3O3S2. The average molecular weight is 369 g/mol. The molecule has 0 N–H and O–H groups in total. The maximum atomic E-state index is 12.9. The Kier molecular flexibility index (Phi) is 4.74. The predicted molar refractivity (Wildman–Crippen MR) is 77.7 cm³/mol. The molecular weight excluding hydrogens is 355 g/mol. The zero-order valence-electron chi connectivity index (χ0n) is 12.5. The molecule has 0 aliphatic carbocycles. The van der Waals surface area contributed by atoms with Crippen molar-refractivity contribution in [2.75, 3.05) is 14.2 Å². The molecule has 0 bridgehead atoms. The Morgan fingerprint density at radius 1 is 1.43 bits per heavy atom. The molecule has 0 unspecified atom stereocenters. The van der Waals surface area contributed by atoms with Gasteiger partial charge in [0.15, 0.2) is 9.90 Å². The number of sulfonamides is 1. The van der Waals surface area contributed by atoms with Crippen LogP contribution in [-0.4, -0.2) is 36.7 Å².